The molecule has 0 spiro atoms. The molecular weight excluding hydrogens is 638 g/mol. The van der Waals surface area contributed by atoms with E-state index >= 15 is 0 Å². The van der Waals surface area contributed by atoms with Gasteiger partial charge in [0.05, 0.1) is 28.5 Å². The lowest BCUT2D eigenvalue weighted by Gasteiger charge is -2.08. The minimum Gasteiger partial charge on any atom is -0.468 e. The van der Waals surface area contributed by atoms with Crippen molar-refractivity contribution in [2.45, 2.75) is 53.1 Å². The number of hydrogen-bond donors (Lipinski definition) is 4. The topological polar surface area (TPSA) is 248 Å². The zero-order valence-corrected chi connectivity index (χ0v) is 25.6. The molecular formula is C31H46ClN5O10. The number of nitrogens with zero attached hydrogens (tertiary/aromatic N) is 3. The van der Waals surface area contributed by atoms with Crippen LogP contribution in [0.2, 0.25) is 0 Å². The number of aliphatic hydroxyl groups excluding tert-OH is 2. The minimum absolute atomic E-state index is 0. The van der Waals surface area contributed by atoms with Gasteiger partial charge in [0.15, 0.2) is 0 Å². The average molecular weight is 684 g/mol. The number of carbonyl (C=O) groups is 1. The summed E-state index contributed by atoms with van der Waals surface area (Å²) in [6, 6.07) is 17.4. The quantitative estimate of drug-likeness (QED) is 0.117. The first-order valence-electron chi connectivity index (χ1n) is 13.3. The van der Waals surface area contributed by atoms with E-state index in [4.69, 9.17) is 21.7 Å². The molecule has 0 aliphatic heterocycles. The highest BCUT2D eigenvalue weighted by Crippen LogP contribution is 2.15. The lowest BCUT2D eigenvalue weighted by atomic mass is 10.0. The molecule has 15 nitrogen and oxygen atoms in total. The van der Waals surface area contributed by atoms with Crippen molar-refractivity contribution in [3.05, 3.63) is 120 Å². The van der Waals surface area contributed by atoms with Gasteiger partial charge in [-0.25, -0.2) is 0 Å². The first-order valence-corrected chi connectivity index (χ1v) is 13.3. The van der Waals surface area contributed by atoms with E-state index in [1.54, 1.807) is 36.4 Å². The van der Waals surface area contributed by atoms with Crippen molar-refractivity contribution < 1.29 is 34.5 Å². The van der Waals surface area contributed by atoms with Gasteiger partial charge in [-0.05, 0) is 41.9 Å². The highest BCUT2D eigenvalue weighted by molar-refractivity contribution is 5.85. The van der Waals surface area contributed by atoms with Crippen LogP contribution in [0.4, 0.5) is 17.1 Å². The zero-order valence-electron chi connectivity index (χ0n) is 24.8. The molecule has 6 N–H and O–H groups in total. The Morgan fingerprint density at radius 1 is 0.681 bits per heavy atom. The van der Waals surface area contributed by atoms with Crippen molar-refractivity contribution in [3.63, 3.8) is 0 Å². The molecule has 0 fully saturated rings. The number of carbonyl (C=O) groups excluding carboxylic acids is 1. The molecule has 0 bridgehead atoms. The molecule has 0 aliphatic carbocycles. The van der Waals surface area contributed by atoms with Gasteiger partial charge in [0.1, 0.15) is 6.04 Å². The van der Waals surface area contributed by atoms with Crippen LogP contribution < -0.4 is 11.5 Å². The molecule has 262 valence electrons. The predicted molar refractivity (Wildman–Crippen MR) is 182 cm³/mol. The largest absolute Gasteiger partial charge is 0.468 e. The van der Waals surface area contributed by atoms with Gasteiger partial charge in [0, 0.05) is 49.0 Å². The van der Waals surface area contributed by atoms with Crippen LogP contribution >= 0.6 is 12.4 Å². The van der Waals surface area contributed by atoms with Crippen molar-refractivity contribution in [3.8, 4) is 0 Å². The van der Waals surface area contributed by atoms with Gasteiger partial charge in [0.25, 0.3) is 17.1 Å². The summed E-state index contributed by atoms with van der Waals surface area (Å²) in [4.78, 5) is 40.8. The monoisotopic (exact) mass is 683 g/mol. The predicted octanol–water partition coefficient (Wildman–Crippen LogP) is 4.55. The van der Waals surface area contributed by atoms with E-state index in [1.807, 2.05) is 6.92 Å². The molecule has 0 saturated carbocycles. The molecule has 3 aromatic carbocycles. The van der Waals surface area contributed by atoms with Crippen molar-refractivity contribution in [1.29, 1.82) is 0 Å². The fourth-order valence-corrected chi connectivity index (χ4v) is 3.58. The molecule has 0 saturated heterocycles. The second kappa shape index (κ2) is 24.7. The third-order valence-electron chi connectivity index (χ3n) is 6.03. The maximum atomic E-state index is 11.0. The molecule has 0 amide bonds. The number of ether oxygens (including phenoxy) is 1. The first-order chi connectivity index (χ1) is 20.8. The summed E-state index contributed by atoms with van der Waals surface area (Å²) in [7, 11) is 1.26. The number of nitro groups is 3. The van der Waals surface area contributed by atoms with E-state index in [0.29, 0.717) is 12.8 Å². The fraction of sp³-hybridized carbons (Fsp3) is 0.387. The number of hydrogen-bond acceptors (Lipinski definition) is 12. The van der Waals surface area contributed by atoms with Crippen LogP contribution in [-0.4, -0.2) is 63.4 Å². The number of halogens is 1. The minimum atomic E-state index is -0.744. The van der Waals surface area contributed by atoms with E-state index in [0.717, 1.165) is 23.1 Å². The SMILES string of the molecule is C.C.CC(CO)Cc1ccc([N+](=O)[O-])cc1.COC(=O)C(N)Cc1ccc([N+](=O)[O-])cc1.Cl.NC(CO)Cc1ccc([N+](=O)[O-])cc1. The van der Waals surface area contributed by atoms with Gasteiger partial charge in [-0.2, -0.15) is 0 Å². The average Bonchev–Trinajstić information content (AvgIpc) is 3.01. The van der Waals surface area contributed by atoms with Crippen LogP contribution in [-0.2, 0) is 28.8 Å². The third-order valence-corrected chi connectivity index (χ3v) is 6.03. The van der Waals surface area contributed by atoms with Crippen LogP contribution in [0.15, 0.2) is 72.8 Å². The van der Waals surface area contributed by atoms with Crippen molar-refractivity contribution >= 4 is 35.4 Å². The molecule has 3 aromatic rings. The molecule has 3 atom stereocenters. The summed E-state index contributed by atoms with van der Waals surface area (Å²) in [5, 5.41) is 48.6. The molecule has 47 heavy (non-hydrogen) atoms. The Morgan fingerprint density at radius 3 is 1.28 bits per heavy atom. The standard InChI is InChI=1S/C10H12N2O4.C10H13NO3.C9H12N2O3.2CH4.ClH/c1-16-10(13)9(11)6-7-2-4-8(5-3-7)12(14)15;1-8(7-12)6-9-2-4-10(5-3-9)11(13)14;10-8(6-12)5-7-1-3-9(4-2-7)11(13)14;;;/h2-5,9H,6,11H2,1H3;2-5,8,12H,6-7H2,1H3;1-4,8,12H,5-6,10H2;2*1H4;1H. The maximum Gasteiger partial charge on any atom is 0.322 e. The Labute approximate surface area is 280 Å². The summed E-state index contributed by atoms with van der Waals surface area (Å²) in [5.41, 5.74) is 13.9. The summed E-state index contributed by atoms with van der Waals surface area (Å²) >= 11 is 0. The second-order valence-corrected chi connectivity index (χ2v) is 9.74. The lowest BCUT2D eigenvalue weighted by molar-refractivity contribution is -0.385. The van der Waals surface area contributed by atoms with Crippen molar-refractivity contribution in [1.82, 2.24) is 0 Å². The van der Waals surface area contributed by atoms with Crippen LogP contribution in [0.25, 0.3) is 0 Å². The Kier molecular flexibility index (Phi) is 24.6. The zero-order chi connectivity index (χ0) is 33.2. The number of esters is 1. The van der Waals surface area contributed by atoms with Crippen LogP contribution in [0.3, 0.4) is 0 Å². The number of benzene rings is 3. The van der Waals surface area contributed by atoms with Crippen LogP contribution in [0.5, 0.6) is 0 Å². The van der Waals surface area contributed by atoms with Gasteiger partial charge in [-0.1, -0.05) is 58.2 Å². The smallest absolute Gasteiger partial charge is 0.322 e. The maximum absolute atomic E-state index is 11.0. The number of methoxy groups -OCH3 is 1. The lowest BCUT2D eigenvalue weighted by Crippen LogP contribution is -2.33. The fourth-order valence-electron chi connectivity index (χ4n) is 3.58. The van der Waals surface area contributed by atoms with Gasteiger partial charge < -0.3 is 26.4 Å². The van der Waals surface area contributed by atoms with Crippen LogP contribution in [0, 0.1) is 36.3 Å². The van der Waals surface area contributed by atoms with E-state index in [9.17, 15) is 35.1 Å². The number of nitrogens with two attached hydrogens (primary N) is 2. The van der Waals surface area contributed by atoms with Gasteiger partial charge in [0.2, 0.25) is 0 Å². The van der Waals surface area contributed by atoms with E-state index in [-0.39, 0.29) is 69.5 Å². The highest BCUT2D eigenvalue weighted by Gasteiger charge is 2.15. The molecule has 0 aliphatic rings. The summed E-state index contributed by atoms with van der Waals surface area (Å²) in [5.74, 6) is -0.310. The summed E-state index contributed by atoms with van der Waals surface area (Å²) in [6.45, 7) is 1.98. The Balaban J connectivity index is -0.000000600. The molecule has 16 heteroatoms. The van der Waals surface area contributed by atoms with E-state index in [1.165, 1.54) is 43.5 Å². The number of nitro benzene ring substituents is 3. The highest BCUT2D eigenvalue weighted by atomic mass is 35.5. The number of aliphatic hydroxyl groups is 2. The Morgan fingerprint density at radius 2 is 1.00 bits per heavy atom. The van der Waals surface area contributed by atoms with Gasteiger partial charge in [-0.3, -0.25) is 35.1 Å². The Bertz CT molecular complexity index is 1280. The van der Waals surface area contributed by atoms with E-state index < -0.39 is 26.8 Å². The molecule has 0 aromatic heterocycles. The normalized spacial score (nSPS) is 11.4. The van der Waals surface area contributed by atoms with Gasteiger partial charge >= 0.3 is 5.97 Å². The van der Waals surface area contributed by atoms with Crippen LogP contribution in [0.1, 0.15) is 38.5 Å². The summed E-state index contributed by atoms with van der Waals surface area (Å²) < 4.78 is 4.47. The Hall–Kier alpha value is -4.54. The van der Waals surface area contributed by atoms with Crippen molar-refractivity contribution in [2.75, 3.05) is 20.3 Å². The molecule has 0 radical (unpaired) electrons. The second-order valence-electron chi connectivity index (χ2n) is 9.74. The van der Waals surface area contributed by atoms with E-state index in [2.05, 4.69) is 4.74 Å². The summed E-state index contributed by atoms with van der Waals surface area (Å²) in [6.07, 6.45) is 1.56. The molecule has 3 rings (SSSR count). The number of rotatable bonds is 12. The third kappa shape index (κ3) is 18.3. The molecule has 0 heterocycles. The van der Waals surface area contributed by atoms with Crippen molar-refractivity contribution in [2.24, 2.45) is 17.4 Å². The first kappa shape index (κ1) is 46.9. The van der Waals surface area contributed by atoms with Gasteiger partial charge in [-0.15, -0.1) is 12.4 Å². The number of non-ortho nitro benzene ring substituents is 3. The molecule has 3 unspecified atom stereocenters.